The molecule has 1 aliphatic heterocycles. The summed E-state index contributed by atoms with van der Waals surface area (Å²) in [4.78, 5) is 0. The predicted molar refractivity (Wildman–Crippen MR) is 92.0 cm³/mol. The Kier molecular flexibility index (Phi) is 4.75. The van der Waals surface area contributed by atoms with Crippen molar-refractivity contribution in [2.75, 3.05) is 0 Å². The van der Waals surface area contributed by atoms with Gasteiger partial charge in [0.15, 0.2) is 0 Å². The number of rotatable bonds is 2. The number of hydrogen-bond donors (Lipinski definition) is 0. The first-order valence-electron chi connectivity index (χ1n) is 7.18. The minimum absolute atomic E-state index is 0.155. The molecule has 3 rings (SSSR count). The molecular formula is C17H11Cl2F3N2O. The maximum Gasteiger partial charge on any atom is 0.573 e. The van der Waals surface area contributed by atoms with Crippen LogP contribution >= 0.6 is 23.2 Å². The first-order chi connectivity index (χ1) is 11.7. The van der Waals surface area contributed by atoms with Crippen LogP contribution in [0.4, 0.5) is 13.2 Å². The molecule has 2 aromatic carbocycles. The van der Waals surface area contributed by atoms with Gasteiger partial charge >= 0.3 is 6.36 Å². The molecule has 25 heavy (non-hydrogen) atoms. The van der Waals surface area contributed by atoms with Crippen molar-refractivity contribution in [1.29, 1.82) is 0 Å². The van der Waals surface area contributed by atoms with E-state index in [0.717, 1.165) is 5.56 Å². The average molecular weight is 387 g/mol. The van der Waals surface area contributed by atoms with Crippen LogP contribution in [0.3, 0.4) is 0 Å². The molecule has 130 valence electrons. The summed E-state index contributed by atoms with van der Waals surface area (Å²) in [5, 5.41) is 8.75. The molecule has 1 aliphatic rings. The summed E-state index contributed by atoms with van der Waals surface area (Å²) in [6.45, 7) is 1.75. The molecule has 0 spiro atoms. The monoisotopic (exact) mass is 386 g/mol. The Hall–Kier alpha value is -2.05. The Morgan fingerprint density at radius 3 is 2.36 bits per heavy atom. The molecule has 8 heteroatoms. The van der Waals surface area contributed by atoms with E-state index in [-0.39, 0.29) is 5.02 Å². The first kappa shape index (κ1) is 17.8. The van der Waals surface area contributed by atoms with Gasteiger partial charge in [-0.3, -0.25) is 0 Å². The minimum atomic E-state index is -4.82. The van der Waals surface area contributed by atoms with Crippen LogP contribution in [0, 0.1) is 0 Å². The Morgan fingerprint density at radius 1 is 1.04 bits per heavy atom. The normalized spacial score (nSPS) is 14.3. The van der Waals surface area contributed by atoms with Crippen molar-refractivity contribution >= 4 is 34.6 Å². The summed E-state index contributed by atoms with van der Waals surface area (Å²) >= 11 is 11.9. The minimum Gasteiger partial charge on any atom is -0.404 e. The maximum atomic E-state index is 12.5. The lowest BCUT2D eigenvalue weighted by Crippen LogP contribution is -2.18. The van der Waals surface area contributed by atoms with E-state index in [1.807, 2.05) is 0 Å². The summed E-state index contributed by atoms with van der Waals surface area (Å²) in [5.74, 6) is -0.446. The highest BCUT2D eigenvalue weighted by Gasteiger charge is 2.33. The van der Waals surface area contributed by atoms with Gasteiger partial charge in [0.1, 0.15) is 11.5 Å². The first-order valence-corrected chi connectivity index (χ1v) is 7.94. The fourth-order valence-electron chi connectivity index (χ4n) is 2.49. The zero-order chi connectivity index (χ0) is 18.2. The van der Waals surface area contributed by atoms with Crippen LogP contribution in [-0.2, 0) is 6.42 Å². The third-order valence-corrected chi connectivity index (χ3v) is 4.07. The van der Waals surface area contributed by atoms with Gasteiger partial charge < -0.3 is 4.74 Å². The average Bonchev–Trinajstić information content (AvgIpc) is 2.66. The summed E-state index contributed by atoms with van der Waals surface area (Å²) in [7, 11) is 0. The fraction of sp³-hybridized carbons (Fsp3) is 0.176. The third-order valence-electron chi connectivity index (χ3n) is 3.52. The fourth-order valence-corrected chi connectivity index (χ4v) is 2.81. The van der Waals surface area contributed by atoms with E-state index in [1.165, 1.54) is 12.1 Å². The van der Waals surface area contributed by atoms with E-state index < -0.39 is 12.1 Å². The van der Waals surface area contributed by atoms with Gasteiger partial charge in [0.05, 0.1) is 5.02 Å². The van der Waals surface area contributed by atoms with Gasteiger partial charge in [0.2, 0.25) is 0 Å². The van der Waals surface area contributed by atoms with Crippen LogP contribution in [0.2, 0.25) is 10.0 Å². The molecule has 0 unspecified atom stereocenters. The van der Waals surface area contributed by atoms with Crippen molar-refractivity contribution in [2.24, 2.45) is 10.2 Å². The second-order valence-electron chi connectivity index (χ2n) is 5.46. The number of alkyl halides is 3. The van der Waals surface area contributed by atoms with Gasteiger partial charge in [0, 0.05) is 28.3 Å². The highest BCUT2D eigenvalue weighted by molar-refractivity contribution is 6.33. The largest absolute Gasteiger partial charge is 0.573 e. The second-order valence-corrected chi connectivity index (χ2v) is 6.30. The van der Waals surface area contributed by atoms with Crippen molar-refractivity contribution < 1.29 is 17.9 Å². The second kappa shape index (κ2) is 6.69. The molecule has 0 radical (unpaired) electrons. The third kappa shape index (κ3) is 4.14. The number of halogens is 5. The molecule has 3 nitrogen and oxygen atoms in total. The van der Waals surface area contributed by atoms with Gasteiger partial charge in [-0.05, 0) is 36.8 Å². The van der Waals surface area contributed by atoms with E-state index in [0.29, 0.717) is 34.0 Å². The van der Waals surface area contributed by atoms with Crippen molar-refractivity contribution in [3.05, 3.63) is 63.1 Å². The SMILES string of the molecule is CC1=NN=C(c2ccc(Cl)cc2)c2cc(Cl)c(OC(F)(F)F)cc2C1. The number of ether oxygens (including phenoxy) is 1. The van der Waals surface area contributed by atoms with Gasteiger partial charge in [-0.1, -0.05) is 35.3 Å². The molecule has 0 fully saturated rings. The topological polar surface area (TPSA) is 34.0 Å². The highest BCUT2D eigenvalue weighted by atomic mass is 35.5. The predicted octanol–water partition coefficient (Wildman–Crippen LogP) is 5.66. The Balaban J connectivity index is 2.13. The molecule has 1 heterocycles. The van der Waals surface area contributed by atoms with E-state index in [1.54, 1.807) is 31.2 Å². The molecule has 0 amide bonds. The van der Waals surface area contributed by atoms with E-state index in [4.69, 9.17) is 23.2 Å². The van der Waals surface area contributed by atoms with Crippen molar-refractivity contribution in [3.8, 4) is 5.75 Å². The van der Waals surface area contributed by atoms with Gasteiger partial charge in [-0.25, -0.2) is 0 Å². The van der Waals surface area contributed by atoms with Crippen LogP contribution < -0.4 is 4.74 Å². The quantitative estimate of drug-likeness (QED) is 0.655. The van der Waals surface area contributed by atoms with Crippen LogP contribution in [0.1, 0.15) is 23.6 Å². The maximum absolute atomic E-state index is 12.5. The van der Waals surface area contributed by atoms with Crippen LogP contribution in [0.25, 0.3) is 0 Å². The molecule has 0 saturated carbocycles. The van der Waals surface area contributed by atoms with E-state index in [2.05, 4.69) is 14.9 Å². The molecule has 0 aliphatic carbocycles. The molecule has 2 aromatic rings. The smallest absolute Gasteiger partial charge is 0.404 e. The van der Waals surface area contributed by atoms with Crippen molar-refractivity contribution in [2.45, 2.75) is 19.7 Å². The number of benzene rings is 2. The van der Waals surface area contributed by atoms with Gasteiger partial charge in [0.25, 0.3) is 0 Å². The standard InChI is InChI=1S/C17H11Cl2F3N2O/c1-9-6-11-7-15(25-17(20,21)22)14(19)8-13(11)16(24-23-9)10-2-4-12(18)5-3-10/h2-5,7-8H,6H2,1H3. The van der Waals surface area contributed by atoms with E-state index in [9.17, 15) is 13.2 Å². The Bertz CT molecular complexity index is 875. The number of nitrogens with zero attached hydrogens (tertiary/aromatic N) is 2. The summed E-state index contributed by atoms with van der Waals surface area (Å²) in [6.07, 6.45) is -4.49. The van der Waals surface area contributed by atoms with Gasteiger partial charge in [-0.15, -0.1) is 18.3 Å². The summed E-state index contributed by atoms with van der Waals surface area (Å²) in [6, 6.07) is 9.61. The zero-order valence-corrected chi connectivity index (χ0v) is 14.4. The molecule has 0 bridgehead atoms. The molecule has 0 N–H and O–H groups in total. The van der Waals surface area contributed by atoms with Gasteiger partial charge in [-0.2, -0.15) is 5.10 Å². The van der Waals surface area contributed by atoms with Crippen LogP contribution in [0.15, 0.2) is 46.6 Å². The van der Waals surface area contributed by atoms with Crippen LogP contribution in [0.5, 0.6) is 5.75 Å². The van der Waals surface area contributed by atoms with Crippen molar-refractivity contribution in [3.63, 3.8) is 0 Å². The summed E-state index contributed by atoms with van der Waals surface area (Å²) in [5.41, 5.74) is 3.08. The van der Waals surface area contributed by atoms with E-state index >= 15 is 0 Å². The molecular weight excluding hydrogens is 376 g/mol. The summed E-state index contributed by atoms with van der Waals surface area (Å²) < 4.78 is 41.6. The number of fused-ring (bicyclic) bond motifs is 1. The molecule has 0 aromatic heterocycles. The lowest BCUT2D eigenvalue weighted by atomic mass is 9.95. The number of hydrogen-bond acceptors (Lipinski definition) is 3. The molecule has 0 saturated heterocycles. The Labute approximate surface area is 151 Å². The zero-order valence-electron chi connectivity index (χ0n) is 12.9. The lowest BCUT2D eigenvalue weighted by Gasteiger charge is -2.15. The highest BCUT2D eigenvalue weighted by Crippen LogP contribution is 2.34. The lowest BCUT2D eigenvalue weighted by molar-refractivity contribution is -0.274. The molecule has 0 atom stereocenters. The Morgan fingerprint density at radius 2 is 1.72 bits per heavy atom. The van der Waals surface area contributed by atoms with Crippen molar-refractivity contribution in [1.82, 2.24) is 0 Å². The van der Waals surface area contributed by atoms with Crippen LogP contribution in [-0.4, -0.2) is 17.8 Å².